The summed E-state index contributed by atoms with van der Waals surface area (Å²) in [6, 6.07) is 4.36. The second kappa shape index (κ2) is 7.05. The minimum atomic E-state index is -1.11. The van der Waals surface area contributed by atoms with Gasteiger partial charge in [-0.25, -0.2) is 18.4 Å². The van der Waals surface area contributed by atoms with Gasteiger partial charge in [0, 0.05) is 17.5 Å². The van der Waals surface area contributed by atoms with E-state index in [1.54, 1.807) is 12.1 Å². The number of fused-ring (bicyclic) bond motifs is 2. The van der Waals surface area contributed by atoms with E-state index in [1.807, 2.05) is 19.1 Å². The Hall–Kier alpha value is -3.46. The fraction of sp³-hybridized carbons (Fsp3) is 0.273. The number of nitrogens with one attached hydrogen (secondary N) is 1. The monoisotopic (exact) mass is 422 g/mol. The molecule has 1 saturated heterocycles. The zero-order valence-electron chi connectivity index (χ0n) is 16.7. The first-order valence-electron chi connectivity index (χ1n) is 9.87. The van der Waals surface area contributed by atoms with Crippen molar-refractivity contribution in [1.82, 2.24) is 30.3 Å². The van der Waals surface area contributed by atoms with Crippen molar-refractivity contribution < 1.29 is 13.9 Å². The Balaban J connectivity index is 1.37. The van der Waals surface area contributed by atoms with Crippen LogP contribution in [0.1, 0.15) is 19.0 Å². The third-order valence-electron chi connectivity index (χ3n) is 5.92. The fourth-order valence-electron chi connectivity index (χ4n) is 4.27. The summed E-state index contributed by atoms with van der Waals surface area (Å²) in [7, 11) is 0. The molecule has 1 unspecified atom stereocenters. The van der Waals surface area contributed by atoms with Crippen LogP contribution in [0.15, 0.2) is 55.5 Å². The van der Waals surface area contributed by atoms with Crippen molar-refractivity contribution in [3.63, 3.8) is 0 Å². The maximum atomic E-state index is 14.9. The molecule has 31 heavy (non-hydrogen) atoms. The van der Waals surface area contributed by atoms with E-state index in [0.717, 1.165) is 6.20 Å². The number of hydrogen-bond donors (Lipinski definition) is 2. The molecule has 2 aromatic heterocycles. The normalized spacial score (nSPS) is 26.9. The third kappa shape index (κ3) is 3.40. The van der Waals surface area contributed by atoms with Gasteiger partial charge in [-0.1, -0.05) is 18.7 Å². The van der Waals surface area contributed by atoms with Gasteiger partial charge in [-0.05, 0) is 31.1 Å². The molecule has 1 aromatic carbocycles. The number of phenolic OH excluding ortho intramolecular Hbond substituents is 1. The van der Waals surface area contributed by atoms with Crippen molar-refractivity contribution in [3.05, 3.63) is 67.0 Å². The largest absolute Gasteiger partial charge is 0.507 e. The quantitative estimate of drug-likeness (QED) is 0.628. The van der Waals surface area contributed by atoms with Gasteiger partial charge in [0.2, 0.25) is 0 Å². The predicted molar refractivity (Wildman–Crippen MR) is 111 cm³/mol. The highest BCUT2D eigenvalue weighted by Gasteiger charge is 2.46. The number of aromatic hydroxyl groups is 1. The molecule has 7 nitrogen and oxygen atoms in total. The summed E-state index contributed by atoms with van der Waals surface area (Å²) in [4.78, 5) is 4.30. The van der Waals surface area contributed by atoms with Crippen LogP contribution in [0.25, 0.3) is 22.6 Å². The maximum absolute atomic E-state index is 14.9. The van der Waals surface area contributed by atoms with Crippen LogP contribution in [-0.2, 0) is 0 Å². The lowest BCUT2D eigenvalue weighted by Crippen LogP contribution is -2.54. The second-order valence-electron chi connectivity index (χ2n) is 8.20. The molecule has 0 amide bonds. The summed E-state index contributed by atoms with van der Waals surface area (Å²) in [5.41, 5.74) is 1.57. The van der Waals surface area contributed by atoms with E-state index in [4.69, 9.17) is 0 Å². The van der Waals surface area contributed by atoms with Crippen molar-refractivity contribution in [1.29, 1.82) is 0 Å². The molecular formula is C22H20F2N6O. The van der Waals surface area contributed by atoms with E-state index in [2.05, 4.69) is 32.2 Å². The molecule has 1 fully saturated rings. The van der Waals surface area contributed by atoms with Gasteiger partial charge in [-0.2, -0.15) is 5.10 Å². The smallest absolute Gasteiger partial charge is 0.185 e. The fourth-order valence-corrected chi connectivity index (χ4v) is 4.27. The summed E-state index contributed by atoms with van der Waals surface area (Å²) in [5.74, 6) is -0.757. The van der Waals surface area contributed by atoms with Gasteiger partial charge in [0.25, 0.3) is 0 Å². The lowest BCUT2D eigenvalue weighted by molar-refractivity contribution is 0.146. The highest BCUT2D eigenvalue weighted by atomic mass is 19.1. The number of nitrogens with zero attached hydrogens (tertiary/aromatic N) is 5. The standard InChI is InChI=1S/C22H20F2N6O/c1-12(16-8-22(2)6-5-17(27-22)20(16)24)18-10-25-21(29-28-18)15-4-3-14(7-19(15)31)30-11-13(23)9-26-30/h3-7,9-11,16-17,20,27,31H,1,8H2,2H3/t16-,17?,20+,22+/m1/s1. The van der Waals surface area contributed by atoms with E-state index in [1.165, 1.54) is 23.1 Å². The Morgan fingerprint density at radius 3 is 2.84 bits per heavy atom. The van der Waals surface area contributed by atoms with Crippen molar-refractivity contribution >= 4 is 5.57 Å². The number of halogens is 2. The van der Waals surface area contributed by atoms with Crippen LogP contribution in [0.5, 0.6) is 5.75 Å². The van der Waals surface area contributed by atoms with E-state index in [0.29, 0.717) is 28.9 Å². The zero-order chi connectivity index (χ0) is 21.8. The van der Waals surface area contributed by atoms with E-state index in [9.17, 15) is 13.9 Å². The van der Waals surface area contributed by atoms with Crippen LogP contribution in [0, 0.1) is 11.7 Å². The molecule has 4 atom stereocenters. The van der Waals surface area contributed by atoms with Crippen LogP contribution in [0.3, 0.4) is 0 Å². The molecule has 9 heteroatoms. The van der Waals surface area contributed by atoms with Gasteiger partial charge in [0.15, 0.2) is 11.6 Å². The number of allylic oxidation sites excluding steroid dienone is 1. The lowest BCUT2D eigenvalue weighted by atomic mass is 9.78. The summed E-state index contributed by atoms with van der Waals surface area (Å²) in [6.45, 7) is 6.10. The molecule has 0 saturated carbocycles. The van der Waals surface area contributed by atoms with Gasteiger partial charge in [0.05, 0.1) is 35.9 Å². The van der Waals surface area contributed by atoms with Gasteiger partial charge >= 0.3 is 0 Å². The molecule has 0 spiro atoms. The molecular weight excluding hydrogens is 402 g/mol. The summed E-state index contributed by atoms with van der Waals surface area (Å²) in [6.07, 6.45) is 7.12. The summed E-state index contributed by atoms with van der Waals surface area (Å²) >= 11 is 0. The Bertz CT molecular complexity index is 1190. The average Bonchev–Trinajstić information content (AvgIpc) is 3.34. The van der Waals surface area contributed by atoms with Crippen molar-refractivity contribution in [2.75, 3.05) is 0 Å². The molecule has 2 bridgehead atoms. The SMILES string of the molecule is C=C(c1cnc(-c2ccc(-n3cc(F)cn3)cc2O)nn1)[C@H]1C[C@]2(C)C=CC(N2)[C@H]1F. The number of benzene rings is 1. The molecule has 2 aliphatic rings. The number of piperidine rings is 1. The Morgan fingerprint density at radius 2 is 2.16 bits per heavy atom. The first-order valence-corrected chi connectivity index (χ1v) is 9.87. The van der Waals surface area contributed by atoms with Crippen LogP contribution >= 0.6 is 0 Å². The molecule has 0 radical (unpaired) electrons. The van der Waals surface area contributed by atoms with Gasteiger partial charge < -0.3 is 5.11 Å². The molecule has 158 valence electrons. The second-order valence-corrected chi connectivity index (χ2v) is 8.20. The van der Waals surface area contributed by atoms with Crippen LogP contribution < -0.4 is 5.32 Å². The Morgan fingerprint density at radius 1 is 1.32 bits per heavy atom. The Labute approximate surface area is 177 Å². The Kier molecular flexibility index (Phi) is 4.44. The van der Waals surface area contributed by atoms with Crippen molar-refractivity contribution in [3.8, 4) is 22.8 Å². The summed E-state index contributed by atoms with van der Waals surface area (Å²) in [5, 5.41) is 25.8. The first kappa shape index (κ1) is 19.5. The van der Waals surface area contributed by atoms with Crippen molar-refractivity contribution in [2.45, 2.75) is 31.1 Å². The third-order valence-corrected chi connectivity index (χ3v) is 5.92. The predicted octanol–water partition coefficient (Wildman–Crippen LogP) is 3.23. The van der Waals surface area contributed by atoms with Crippen LogP contribution in [0.2, 0.25) is 0 Å². The van der Waals surface area contributed by atoms with E-state index < -0.39 is 17.9 Å². The molecule has 2 N–H and O–H groups in total. The van der Waals surface area contributed by atoms with Gasteiger partial charge in [-0.15, -0.1) is 10.2 Å². The minimum Gasteiger partial charge on any atom is -0.507 e. The molecule has 4 heterocycles. The molecule has 2 aliphatic heterocycles. The van der Waals surface area contributed by atoms with Crippen molar-refractivity contribution in [2.24, 2.45) is 5.92 Å². The number of phenols is 1. The average molecular weight is 422 g/mol. The molecule has 5 rings (SSSR count). The highest BCUT2D eigenvalue weighted by Crippen LogP contribution is 2.41. The topological polar surface area (TPSA) is 88.8 Å². The highest BCUT2D eigenvalue weighted by molar-refractivity contribution is 5.67. The lowest BCUT2D eigenvalue weighted by Gasteiger charge is -2.39. The number of alkyl halides is 1. The molecule has 0 aliphatic carbocycles. The number of hydrogen-bond acceptors (Lipinski definition) is 6. The number of aromatic nitrogens is 5. The minimum absolute atomic E-state index is 0.0977. The van der Waals surface area contributed by atoms with Crippen LogP contribution in [0.4, 0.5) is 8.78 Å². The van der Waals surface area contributed by atoms with Gasteiger partial charge in [0.1, 0.15) is 17.6 Å². The zero-order valence-corrected chi connectivity index (χ0v) is 16.7. The van der Waals surface area contributed by atoms with Gasteiger partial charge in [-0.3, -0.25) is 5.32 Å². The van der Waals surface area contributed by atoms with E-state index in [-0.39, 0.29) is 23.2 Å². The number of rotatable bonds is 4. The molecule has 3 aromatic rings. The van der Waals surface area contributed by atoms with E-state index >= 15 is 0 Å². The first-order chi connectivity index (χ1) is 14.8. The summed E-state index contributed by atoms with van der Waals surface area (Å²) < 4.78 is 29.4. The maximum Gasteiger partial charge on any atom is 0.185 e. The van der Waals surface area contributed by atoms with Crippen LogP contribution in [-0.4, -0.2) is 47.8 Å².